The van der Waals surface area contributed by atoms with Crippen molar-refractivity contribution in [2.24, 2.45) is 0 Å². The quantitative estimate of drug-likeness (QED) is 0.293. The molecule has 0 aliphatic heterocycles. The van der Waals surface area contributed by atoms with Crippen LogP contribution in [0.2, 0.25) is 0 Å². The molecule has 1 aromatic heterocycles. The molecule has 1 unspecified atom stereocenters. The molecule has 0 saturated heterocycles. The monoisotopic (exact) mass is 359 g/mol. The lowest BCUT2D eigenvalue weighted by atomic mass is 9.76. The SMILES string of the molecule is c1ccc2c(c1)ccc1c3c(ccc12)C(c1ccc2cnccc2c1)CCC3. The third-order valence-corrected chi connectivity index (χ3v) is 6.44. The minimum absolute atomic E-state index is 0.484. The van der Waals surface area contributed by atoms with E-state index < -0.39 is 0 Å². The molecule has 1 heteroatoms. The van der Waals surface area contributed by atoms with E-state index in [0.717, 1.165) is 0 Å². The third-order valence-electron chi connectivity index (χ3n) is 6.44. The highest BCUT2D eigenvalue weighted by Crippen LogP contribution is 2.41. The maximum Gasteiger partial charge on any atom is 0.0346 e. The van der Waals surface area contributed by atoms with Crippen molar-refractivity contribution in [2.75, 3.05) is 0 Å². The van der Waals surface area contributed by atoms with Crippen LogP contribution in [0, 0.1) is 0 Å². The van der Waals surface area contributed by atoms with Crippen LogP contribution in [0.5, 0.6) is 0 Å². The molecule has 1 nitrogen and oxygen atoms in total. The second-order valence-corrected chi connectivity index (χ2v) is 7.94. The maximum atomic E-state index is 4.25. The van der Waals surface area contributed by atoms with Gasteiger partial charge in [-0.05, 0) is 69.0 Å². The van der Waals surface area contributed by atoms with Crippen LogP contribution >= 0.6 is 0 Å². The Morgan fingerprint density at radius 1 is 0.714 bits per heavy atom. The smallest absolute Gasteiger partial charge is 0.0346 e. The van der Waals surface area contributed by atoms with Crippen molar-refractivity contribution in [1.82, 2.24) is 4.98 Å². The summed E-state index contributed by atoms with van der Waals surface area (Å²) in [5.74, 6) is 0.484. The number of pyridine rings is 1. The largest absolute Gasteiger partial charge is 0.264 e. The second kappa shape index (κ2) is 6.17. The lowest BCUT2D eigenvalue weighted by Gasteiger charge is -2.28. The predicted molar refractivity (Wildman–Crippen MR) is 118 cm³/mol. The van der Waals surface area contributed by atoms with Gasteiger partial charge in [-0.1, -0.05) is 66.7 Å². The van der Waals surface area contributed by atoms with Crippen LogP contribution in [0.15, 0.2) is 85.2 Å². The number of aryl methyl sites for hydroxylation is 1. The van der Waals surface area contributed by atoms with Crippen molar-refractivity contribution in [3.05, 3.63) is 102 Å². The fourth-order valence-corrected chi connectivity index (χ4v) is 5.08. The molecule has 0 N–H and O–H groups in total. The average Bonchev–Trinajstić information content (AvgIpc) is 2.78. The molecule has 28 heavy (non-hydrogen) atoms. The summed E-state index contributed by atoms with van der Waals surface area (Å²) in [5.41, 5.74) is 4.50. The van der Waals surface area contributed by atoms with E-state index in [1.165, 1.54) is 62.7 Å². The van der Waals surface area contributed by atoms with E-state index >= 15 is 0 Å². The molecule has 0 spiro atoms. The molecule has 0 bridgehead atoms. The van der Waals surface area contributed by atoms with Gasteiger partial charge in [0.15, 0.2) is 0 Å². The van der Waals surface area contributed by atoms with Crippen LogP contribution in [-0.4, -0.2) is 4.98 Å². The standard InChI is InChI=1S/C27H21N/c1-2-5-22-18(4-1)10-11-27-24-7-3-6-23(26(24)13-12-25(22)27)20-8-9-21-17-28-15-14-19(21)16-20/h1-2,4-5,8-17,23H,3,6-7H2. The van der Waals surface area contributed by atoms with E-state index in [9.17, 15) is 0 Å². The first-order valence-electron chi connectivity index (χ1n) is 10.2. The summed E-state index contributed by atoms with van der Waals surface area (Å²) in [6.07, 6.45) is 7.49. The molecular weight excluding hydrogens is 338 g/mol. The number of nitrogens with zero attached hydrogens (tertiary/aromatic N) is 1. The topological polar surface area (TPSA) is 12.9 Å². The van der Waals surface area contributed by atoms with Crippen molar-refractivity contribution >= 4 is 32.3 Å². The zero-order valence-electron chi connectivity index (χ0n) is 15.7. The molecule has 1 atom stereocenters. The number of hydrogen-bond donors (Lipinski definition) is 0. The van der Waals surface area contributed by atoms with Crippen LogP contribution in [0.1, 0.15) is 35.4 Å². The Labute approximate surface area is 164 Å². The van der Waals surface area contributed by atoms with E-state index in [1.807, 2.05) is 12.4 Å². The van der Waals surface area contributed by atoms with Gasteiger partial charge >= 0.3 is 0 Å². The van der Waals surface area contributed by atoms with Crippen LogP contribution in [-0.2, 0) is 6.42 Å². The Kier molecular flexibility index (Phi) is 3.49. The maximum absolute atomic E-state index is 4.25. The fourth-order valence-electron chi connectivity index (χ4n) is 5.08. The van der Waals surface area contributed by atoms with E-state index in [-0.39, 0.29) is 0 Å². The molecule has 0 saturated carbocycles. The molecule has 134 valence electrons. The first kappa shape index (κ1) is 15.8. The van der Waals surface area contributed by atoms with E-state index in [2.05, 4.69) is 77.8 Å². The van der Waals surface area contributed by atoms with E-state index in [1.54, 1.807) is 5.56 Å². The van der Waals surface area contributed by atoms with Gasteiger partial charge in [-0.3, -0.25) is 4.98 Å². The summed E-state index contributed by atoms with van der Waals surface area (Å²) in [6, 6.07) is 27.1. The highest BCUT2D eigenvalue weighted by molar-refractivity contribution is 6.08. The van der Waals surface area contributed by atoms with Crippen LogP contribution in [0.4, 0.5) is 0 Å². The van der Waals surface area contributed by atoms with Gasteiger partial charge in [-0.25, -0.2) is 0 Å². The van der Waals surface area contributed by atoms with Gasteiger partial charge in [0.05, 0.1) is 0 Å². The number of fused-ring (bicyclic) bond motifs is 6. The summed E-state index contributed by atoms with van der Waals surface area (Å²) in [7, 11) is 0. The molecule has 5 aromatic rings. The molecule has 0 fully saturated rings. The van der Waals surface area contributed by atoms with Gasteiger partial charge in [-0.2, -0.15) is 0 Å². The van der Waals surface area contributed by atoms with E-state index in [4.69, 9.17) is 0 Å². The summed E-state index contributed by atoms with van der Waals surface area (Å²) < 4.78 is 0. The zero-order valence-corrected chi connectivity index (χ0v) is 15.7. The number of benzene rings is 4. The number of hydrogen-bond acceptors (Lipinski definition) is 1. The minimum Gasteiger partial charge on any atom is -0.264 e. The second-order valence-electron chi connectivity index (χ2n) is 7.94. The first-order chi connectivity index (χ1) is 13.9. The van der Waals surface area contributed by atoms with Gasteiger partial charge in [0.25, 0.3) is 0 Å². The normalized spacial score (nSPS) is 16.5. The Morgan fingerprint density at radius 3 is 2.61 bits per heavy atom. The molecule has 0 radical (unpaired) electrons. The molecular formula is C27H21N. The highest BCUT2D eigenvalue weighted by atomic mass is 14.6. The van der Waals surface area contributed by atoms with Gasteiger partial charge in [-0.15, -0.1) is 0 Å². The minimum atomic E-state index is 0.484. The van der Waals surface area contributed by atoms with Gasteiger partial charge in [0.1, 0.15) is 0 Å². The van der Waals surface area contributed by atoms with Crippen molar-refractivity contribution in [3.63, 3.8) is 0 Å². The molecule has 0 amide bonds. The van der Waals surface area contributed by atoms with Crippen molar-refractivity contribution in [3.8, 4) is 0 Å². The number of aromatic nitrogens is 1. The summed E-state index contributed by atoms with van der Waals surface area (Å²) >= 11 is 0. The lowest BCUT2D eigenvalue weighted by molar-refractivity contribution is 0.620. The molecule has 1 aliphatic carbocycles. The third kappa shape index (κ3) is 2.36. The molecule has 6 rings (SSSR count). The number of rotatable bonds is 1. The van der Waals surface area contributed by atoms with Crippen molar-refractivity contribution in [1.29, 1.82) is 0 Å². The Morgan fingerprint density at radius 2 is 1.61 bits per heavy atom. The van der Waals surface area contributed by atoms with Crippen molar-refractivity contribution in [2.45, 2.75) is 25.2 Å². The molecule has 1 aliphatic rings. The Balaban J connectivity index is 1.56. The van der Waals surface area contributed by atoms with Gasteiger partial charge in [0.2, 0.25) is 0 Å². The fraction of sp³-hybridized carbons (Fsp3) is 0.148. The lowest BCUT2D eigenvalue weighted by Crippen LogP contribution is -2.11. The van der Waals surface area contributed by atoms with Gasteiger partial charge in [0, 0.05) is 23.7 Å². The highest BCUT2D eigenvalue weighted by Gasteiger charge is 2.23. The molecule has 1 heterocycles. The Bertz CT molecular complexity index is 1350. The summed E-state index contributed by atoms with van der Waals surface area (Å²) in [5, 5.41) is 8.01. The summed E-state index contributed by atoms with van der Waals surface area (Å²) in [4.78, 5) is 4.25. The molecule has 4 aromatic carbocycles. The van der Waals surface area contributed by atoms with Crippen LogP contribution in [0.3, 0.4) is 0 Å². The Hall–Kier alpha value is -3.19. The summed E-state index contributed by atoms with van der Waals surface area (Å²) in [6.45, 7) is 0. The first-order valence-corrected chi connectivity index (χ1v) is 10.2. The van der Waals surface area contributed by atoms with E-state index in [0.29, 0.717) is 5.92 Å². The van der Waals surface area contributed by atoms with Gasteiger partial charge < -0.3 is 0 Å². The van der Waals surface area contributed by atoms with Crippen LogP contribution < -0.4 is 0 Å². The van der Waals surface area contributed by atoms with Crippen molar-refractivity contribution < 1.29 is 0 Å². The zero-order chi connectivity index (χ0) is 18.5. The average molecular weight is 359 g/mol. The predicted octanol–water partition coefficient (Wildman–Crippen LogP) is 7.01. The van der Waals surface area contributed by atoms with Crippen LogP contribution in [0.25, 0.3) is 32.3 Å².